The first kappa shape index (κ1) is 28.0. The summed E-state index contributed by atoms with van der Waals surface area (Å²) in [6, 6.07) is 5.41. The molecule has 1 heterocycles. The fourth-order valence-corrected chi connectivity index (χ4v) is 3.47. The second-order valence-electron chi connectivity index (χ2n) is 7.19. The Hall–Kier alpha value is -4.21. The van der Waals surface area contributed by atoms with E-state index in [0.29, 0.717) is 17.1 Å². The Bertz CT molecular complexity index is 1150. The van der Waals surface area contributed by atoms with E-state index in [1.54, 1.807) is 18.2 Å². The minimum Gasteiger partial charge on any atom is -0.456 e. The lowest BCUT2D eigenvalue weighted by atomic mass is 10.1. The van der Waals surface area contributed by atoms with E-state index >= 15 is 0 Å². The highest BCUT2D eigenvalue weighted by Crippen LogP contribution is 2.19. The number of aliphatic imine (C=N–C) groups is 1. The number of thiazole rings is 1. The fourth-order valence-electron chi connectivity index (χ4n) is 2.66. The van der Waals surface area contributed by atoms with E-state index in [1.165, 1.54) is 16.7 Å². The van der Waals surface area contributed by atoms with Crippen LogP contribution in [0.5, 0.6) is 0 Å². The van der Waals surface area contributed by atoms with Crippen molar-refractivity contribution < 1.29 is 37.1 Å². The van der Waals surface area contributed by atoms with Gasteiger partial charge in [-0.25, -0.2) is 9.98 Å². The number of halogens is 3. The Morgan fingerprint density at radius 3 is 2.53 bits per heavy atom. The summed E-state index contributed by atoms with van der Waals surface area (Å²) in [4.78, 5) is 55.4. The van der Waals surface area contributed by atoms with Crippen LogP contribution in [-0.2, 0) is 25.5 Å². The lowest BCUT2D eigenvalue weighted by Gasteiger charge is -2.15. The number of nitrogens with zero attached hydrogens (tertiary/aromatic N) is 2. The van der Waals surface area contributed by atoms with Crippen molar-refractivity contribution in [3.63, 3.8) is 0 Å². The number of esters is 1. The maximum atomic E-state index is 12.3. The predicted molar refractivity (Wildman–Crippen MR) is 122 cm³/mol. The largest absolute Gasteiger partial charge is 0.456 e. The molecule has 0 saturated carbocycles. The van der Waals surface area contributed by atoms with Gasteiger partial charge in [0.2, 0.25) is 11.8 Å². The molecule has 0 fully saturated rings. The Morgan fingerprint density at radius 1 is 1.17 bits per heavy atom. The van der Waals surface area contributed by atoms with Crippen molar-refractivity contribution in [2.75, 3.05) is 13.2 Å². The molecule has 16 heteroatoms. The molecule has 36 heavy (non-hydrogen) atoms. The molecule has 2 aromatic rings. The molecule has 2 rings (SSSR count). The van der Waals surface area contributed by atoms with Gasteiger partial charge >= 0.3 is 12.1 Å². The lowest BCUT2D eigenvalue weighted by Crippen LogP contribution is -2.49. The molecule has 8 N–H and O–H groups in total. The first-order valence-corrected chi connectivity index (χ1v) is 10.9. The Morgan fingerprint density at radius 2 is 1.89 bits per heavy atom. The highest BCUT2D eigenvalue weighted by molar-refractivity contribution is 7.09. The molecule has 3 amide bonds. The van der Waals surface area contributed by atoms with Crippen molar-refractivity contribution in [2.24, 2.45) is 22.2 Å². The average Bonchev–Trinajstić information content (AvgIpc) is 3.23. The summed E-state index contributed by atoms with van der Waals surface area (Å²) in [5, 5.41) is 6.40. The van der Waals surface area contributed by atoms with Crippen LogP contribution in [0.25, 0.3) is 0 Å². The van der Waals surface area contributed by atoms with Gasteiger partial charge in [-0.3, -0.25) is 19.2 Å². The topological polar surface area (TPSA) is 205 Å². The number of nitrogens with two attached hydrogens (primary N) is 3. The number of nitrogens with one attached hydrogen (secondary N) is 2. The molecule has 12 nitrogen and oxygen atoms in total. The van der Waals surface area contributed by atoms with E-state index in [9.17, 15) is 32.3 Å². The quantitative estimate of drug-likeness (QED) is 0.150. The number of alkyl halides is 3. The average molecular weight is 530 g/mol. The van der Waals surface area contributed by atoms with Gasteiger partial charge in [0, 0.05) is 11.8 Å². The normalized spacial score (nSPS) is 11.8. The molecule has 0 bridgehead atoms. The minimum atomic E-state index is -4.75. The standard InChI is InChI=1S/C20H22F3N7O5S/c21-20(22,23)9-35-16(32)6-12(17(24)33)29-14(31)7-27-18(34)13-8-36-15(30-13)5-10-2-1-3-11(4-10)28-19(25)26/h1-4,8,12H,5-7,9H2,(H2,24,33)(H,27,34)(H,29,31)(H4,25,26,28). The Balaban J connectivity index is 1.87. The zero-order valence-corrected chi connectivity index (χ0v) is 19.3. The molecule has 0 aliphatic heterocycles. The fraction of sp³-hybridized carbons (Fsp3) is 0.300. The van der Waals surface area contributed by atoms with E-state index in [2.05, 4.69) is 25.3 Å². The monoisotopic (exact) mass is 529 g/mol. The van der Waals surface area contributed by atoms with Crippen LogP contribution in [0.15, 0.2) is 34.6 Å². The van der Waals surface area contributed by atoms with Crippen LogP contribution in [0.3, 0.4) is 0 Å². The molecular weight excluding hydrogens is 507 g/mol. The molecule has 0 radical (unpaired) electrons. The number of ether oxygens (including phenoxy) is 1. The van der Waals surface area contributed by atoms with Crippen molar-refractivity contribution in [2.45, 2.75) is 25.1 Å². The smallest absolute Gasteiger partial charge is 0.422 e. The number of rotatable bonds is 11. The molecule has 1 unspecified atom stereocenters. The third-order valence-electron chi connectivity index (χ3n) is 4.16. The highest BCUT2D eigenvalue weighted by Gasteiger charge is 2.31. The van der Waals surface area contributed by atoms with Crippen LogP contribution in [0.1, 0.15) is 27.5 Å². The summed E-state index contributed by atoms with van der Waals surface area (Å²) < 4.78 is 40.3. The third-order valence-corrected chi connectivity index (χ3v) is 5.01. The first-order valence-electron chi connectivity index (χ1n) is 10.0. The van der Waals surface area contributed by atoms with Crippen LogP contribution in [0.2, 0.25) is 0 Å². The van der Waals surface area contributed by atoms with Crippen molar-refractivity contribution in [1.29, 1.82) is 0 Å². The van der Waals surface area contributed by atoms with Gasteiger partial charge in [-0.05, 0) is 17.7 Å². The van der Waals surface area contributed by atoms with E-state index < -0.39 is 55.5 Å². The number of benzene rings is 1. The van der Waals surface area contributed by atoms with Gasteiger partial charge in [-0.15, -0.1) is 11.3 Å². The number of amides is 3. The van der Waals surface area contributed by atoms with Gasteiger partial charge < -0.3 is 32.6 Å². The van der Waals surface area contributed by atoms with Gasteiger partial charge in [-0.2, -0.15) is 13.2 Å². The van der Waals surface area contributed by atoms with Crippen molar-refractivity contribution in [3.8, 4) is 0 Å². The van der Waals surface area contributed by atoms with E-state index in [1.807, 2.05) is 6.07 Å². The zero-order valence-electron chi connectivity index (χ0n) is 18.5. The molecule has 0 saturated heterocycles. The molecule has 194 valence electrons. The summed E-state index contributed by atoms with van der Waals surface area (Å²) in [7, 11) is 0. The van der Waals surface area contributed by atoms with Gasteiger partial charge in [-0.1, -0.05) is 12.1 Å². The van der Waals surface area contributed by atoms with Crippen molar-refractivity contribution in [3.05, 3.63) is 45.9 Å². The van der Waals surface area contributed by atoms with Gasteiger partial charge in [0.1, 0.15) is 11.7 Å². The molecular formula is C20H22F3N7O5S. The molecule has 0 spiro atoms. The third kappa shape index (κ3) is 9.96. The lowest BCUT2D eigenvalue weighted by molar-refractivity contribution is -0.186. The maximum Gasteiger partial charge on any atom is 0.422 e. The van der Waals surface area contributed by atoms with E-state index in [0.717, 1.165) is 5.56 Å². The number of aromatic nitrogens is 1. The van der Waals surface area contributed by atoms with Crippen molar-refractivity contribution >= 4 is 46.7 Å². The highest BCUT2D eigenvalue weighted by atomic mass is 32.1. The summed E-state index contributed by atoms with van der Waals surface area (Å²) in [6.07, 6.45) is -5.28. The molecule has 1 atom stereocenters. The Kier molecular flexibility index (Phi) is 9.72. The van der Waals surface area contributed by atoms with Crippen LogP contribution >= 0.6 is 11.3 Å². The van der Waals surface area contributed by atoms with Crippen LogP contribution < -0.4 is 27.8 Å². The molecule has 0 aliphatic rings. The summed E-state index contributed by atoms with van der Waals surface area (Å²) >= 11 is 1.20. The van der Waals surface area contributed by atoms with Gasteiger partial charge in [0.05, 0.1) is 23.7 Å². The number of guanidine groups is 1. The summed E-state index contributed by atoms with van der Waals surface area (Å²) in [6.45, 7) is -2.47. The zero-order chi connectivity index (χ0) is 26.9. The second kappa shape index (κ2) is 12.5. The summed E-state index contributed by atoms with van der Waals surface area (Å²) in [5.74, 6) is -4.26. The van der Waals surface area contributed by atoms with Crippen LogP contribution in [-0.4, -0.2) is 60.0 Å². The van der Waals surface area contributed by atoms with Gasteiger partial charge in [0.25, 0.3) is 5.91 Å². The first-order chi connectivity index (χ1) is 16.8. The van der Waals surface area contributed by atoms with E-state index in [-0.39, 0.29) is 11.7 Å². The van der Waals surface area contributed by atoms with Crippen LogP contribution in [0.4, 0.5) is 18.9 Å². The van der Waals surface area contributed by atoms with E-state index in [4.69, 9.17) is 17.2 Å². The second-order valence-corrected chi connectivity index (χ2v) is 8.14. The number of carbonyl (C=O) groups excluding carboxylic acids is 4. The van der Waals surface area contributed by atoms with Crippen molar-refractivity contribution in [1.82, 2.24) is 15.6 Å². The number of carbonyl (C=O) groups is 4. The number of hydrogen-bond acceptors (Lipinski definition) is 8. The molecule has 1 aromatic carbocycles. The Labute approximate surface area is 206 Å². The predicted octanol–water partition coefficient (Wildman–Crippen LogP) is -0.166. The molecule has 1 aromatic heterocycles. The number of hydrogen-bond donors (Lipinski definition) is 5. The van der Waals surface area contributed by atoms with Crippen LogP contribution in [0, 0.1) is 0 Å². The maximum absolute atomic E-state index is 12.3. The van der Waals surface area contributed by atoms with Gasteiger partial charge in [0.15, 0.2) is 12.6 Å². The SMILES string of the molecule is NC(=O)C(CC(=O)OCC(F)(F)F)NC(=O)CNC(=O)c1csc(Cc2cccc(N=C(N)N)c2)n1. The number of primary amides is 1. The minimum absolute atomic E-state index is 0.0327. The summed E-state index contributed by atoms with van der Waals surface area (Å²) in [5.41, 5.74) is 17.2. The molecule has 0 aliphatic carbocycles.